The van der Waals surface area contributed by atoms with Gasteiger partial charge in [0.1, 0.15) is 5.69 Å². The summed E-state index contributed by atoms with van der Waals surface area (Å²) in [5.41, 5.74) is 6.84. The summed E-state index contributed by atoms with van der Waals surface area (Å²) in [7, 11) is 0. The molecule has 2 aromatic heterocycles. The molecule has 2 spiro atoms. The van der Waals surface area contributed by atoms with Gasteiger partial charge in [-0.25, -0.2) is 0 Å². The number of rotatable bonds is 6. The number of hydrogen-bond donors (Lipinski definition) is 0. The van der Waals surface area contributed by atoms with Gasteiger partial charge in [0.25, 0.3) is 0 Å². The largest absolute Gasteiger partial charge is 0.354 e. The number of anilines is 3. The second-order valence-electron chi connectivity index (χ2n) is 15.4. The van der Waals surface area contributed by atoms with Crippen LogP contribution in [0.25, 0.3) is 0 Å². The van der Waals surface area contributed by atoms with Gasteiger partial charge in [-0.3, -0.25) is 14.3 Å². The van der Waals surface area contributed by atoms with Crippen molar-refractivity contribution in [1.82, 2.24) is 29.8 Å². The Labute approximate surface area is 275 Å². The van der Waals surface area contributed by atoms with Gasteiger partial charge < -0.3 is 19.6 Å². The molecule has 6 heterocycles. The van der Waals surface area contributed by atoms with E-state index < -0.39 is 0 Å². The molecule has 0 bridgehead atoms. The van der Waals surface area contributed by atoms with Crippen LogP contribution in [0, 0.1) is 28.1 Å². The van der Waals surface area contributed by atoms with Crippen LogP contribution in [0.4, 0.5) is 17.3 Å². The van der Waals surface area contributed by atoms with E-state index in [1.54, 1.807) is 13.0 Å². The zero-order valence-electron chi connectivity index (χ0n) is 27.1. The summed E-state index contributed by atoms with van der Waals surface area (Å²) in [6.07, 6.45) is 8.54. The van der Waals surface area contributed by atoms with Gasteiger partial charge in [-0.15, -0.1) is 10.2 Å². The van der Waals surface area contributed by atoms with Crippen molar-refractivity contribution in [2.24, 2.45) is 16.7 Å². The van der Waals surface area contributed by atoms with Gasteiger partial charge in [-0.1, -0.05) is 0 Å². The highest BCUT2D eigenvalue weighted by atomic mass is 16.2. The fraction of sp³-hybridized carbons (Fsp3) is 0.556. The lowest BCUT2D eigenvalue weighted by Gasteiger charge is -2.63. The molecule has 4 aliphatic heterocycles. The molecule has 0 atom stereocenters. The number of hydrogen-bond acceptors (Lipinski definition) is 9. The van der Waals surface area contributed by atoms with E-state index in [0.29, 0.717) is 34.7 Å². The van der Waals surface area contributed by atoms with Crippen molar-refractivity contribution in [2.75, 3.05) is 55.6 Å². The van der Waals surface area contributed by atoms with Crippen LogP contribution in [-0.4, -0.2) is 87.8 Å². The average Bonchev–Trinajstić information content (AvgIpc) is 3.39. The molecule has 3 aromatic rings. The van der Waals surface area contributed by atoms with Crippen LogP contribution in [0.2, 0.25) is 0 Å². The maximum absolute atomic E-state index is 12.4. The molecule has 2 aliphatic carbocycles. The van der Waals surface area contributed by atoms with E-state index in [4.69, 9.17) is 5.10 Å². The fourth-order valence-electron chi connectivity index (χ4n) is 9.92. The molecule has 47 heavy (non-hydrogen) atoms. The van der Waals surface area contributed by atoms with Crippen molar-refractivity contribution in [1.29, 1.82) is 5.26 Å². The number of carbonyl (C=O) groups is 2. The van der Waals surface area contributed by atoms with Crippen molar-refractivity contribution < 1.29 is 9.59 Å². The Bertz CT molecular complexity index is 1780. The Morgan fingerprint density at radius 2 is 1.83 bits per heavy atom. The number of amides is 1. The quantitative estimate of drug-likeness (QED) is 0.374. The number of likely N-dealkylation sites (tertiary alicyclic amines) is 1. The summed E-state index contributed by atoms with van der Waals surface area (Å²) in [6, 6.07) is 12.4. The lowest BCUT2D eigenvalue weighted by molar-refractivity contribution is -0.129. The SMILES string of the molecule is CC(=O)N1CCc2c(c(N3CCCc4cc(C#N)ccc43)nn2C2CC3(C2)CN(CC2CC4(C2)CN(c2ccc(C=O)nn2)C4)C3)C1. The van der Waals surface area contributed by atoms with Crippen LogP contribution in [-0.2, 0) is 24.2 Å². The van der Waals surface area contributed by atoms with Gasteiger partial charge in [-0.2, -0.15) is 10.4 Å². The highest BCUT2D eigenvalue weighted by Gasteiger charge is 2.57. The molecule has 11 nitrogen and oxygen atoms in total. The first kappa shape index (κ1) is 28.9. The number of aryl methyl sites for hydroxylation is 1. The van der Waals surface area contributed by atoms with Crippen LogP contribution in [0.1, 0.15) is 77.9 Å². The summed E-state index contributed by atoms with van der Waals surface area (Å²) < 4.78 is 2.35. The molecule has 2 saturated heterocycles. The molecule has 2 saturated carbocycles. The first-order valence-electron chi connectivity index (χ1n) is 17.3. The summed E-state index contributed by atoms with van der Waals surface area (Å²) in [5, 5.41) is 23.0. The van der Waals surface area contributed by atoms with Crippen molar-refractivity contribution in [3.8, 4) is 6.07 Å². The molecule has 242 valence electrons. The fourth-order valence-corrected chi connectivity index (χ4v) is 9.92. The minimum Gasteiger partial charge on any atom is -0.354 e. The van der Waals surface area contributed by atoms with Gasteiger partial charge in [-0.05, 0) is 85.8 Å². The van der Waals surface area contributed by atoms with E-state index >= 15 is 0 Å². The van der Waals surface area contributed by atoms with Gasteiger partial charge >= 0.3 is 0 Å². The molecule has 1 amide bonds. The monoisotopic (exact) mass is 631 g/mol. The van der Waals surface area contributed by atoms with Crippen LogP contribution < -0.4 is 9.80 Å². The summed E-state index contributed by atoms with van der Waals surface area (Å²) in [4.78, 5) is 32.6. The minimum atomic E-state index is 0.121. The maximum Gasteiger partial charge on any atom is 0.219 e. The van der Waals surface area contributed by atoms with Crippen LogP contribution in [0.3, 0.4) is 0 Å². The van der Waals surface area contributed by atoms with Gasteiger partial charge in [0.05, 0.1) is 24.2 Å². The molecule has 11 heteroatoms. The molecule has 9 rings (SSSR count). The maximum atomic E-state index is 12.4. The Hall–Kier alpha value is -4.30. The van der Waals surface area contributed by atoms with E-state index in [9.17, 15) is 14.9 Å². The summed E-state index contributed by atoms with van der Waals surface area (Å²) >= 11 is 0. The van der Waals surface area contributed by atoms with E-state index in [2.05, 4.69) is 41.7 Å². The lowest BCUT2D eigenvalue weighted by Crippen LogP contribution is -2.67. The predicted molar refractivity (Wildman–Crippen MR) is 175 cm³/mol. The normalized spacial score (nSPS) is 24.0. The third-order valence-corrected chi connectivity index (χ3v) is 12.0. The number of nitrogens with zero attached hydrogens (tertiary/aromatic N) is 9. The first-order valence-corrected chi connectivity index (χ1v) is 17.3. The molecule has 0 N–H and O–H groups in total. The molecular formula is C36H41N9O2. The minimum absolute atomic E-state index is 0.121. The molecular weight excluding hydrogens is 590 g/mol. The van der Waals surface area contributed by atoms with Crippen molar-refractivity contribution in [2.45, 2.75) is 64.5 Å². The number of nitriles is 1. The average molecular weight is 632 g/mol. The van der Waals surface area contributed by atoms with Gasteiger partial charge in [0, 0.05) is 81.5 Å². The zero-order chi connectivity index (χ0) is 31.9. The Balaban J connectivity index is 0.833. The van der Waals surface area contributed by atoms with Gasteiger partial charge in [0.2, 0.25) is 5.91 Å². The second-order valence-corrected chi connectivity index (χ2v) is 15.4. The lowest BCUT2D eigenvalue weighted by atomic mass is 9.56. The van der Waals surface area contributed by atoms with E-state index in [-0.39, 0.29) is 5.91 Å². The topological polar surface area (TPSA) is 114 Å². The third kappa shape index (κ3) is 4.74. The second kappa shape index (κ2) is 10.6. The number of aldehydes is 1. The number of fused-ring (bicyclic) bond motifs is 2. The Morgan fingerprint density at radius 3 is 2.55 bits per heavy atom. The van der Waals surface area contributed by atoms with E-state index in [1.165, 1.54) is 62.1 Å². The first-order chi connectivity index (χ1) is 22.8. The van der Waals surface area contributed by atoms with Crippen LogP contribution in [0.5, 0.6) is 0 Å². The van der Waals surface area contributed by atoms with E-state index in [0.717, 1.165) is 75.0 Å². The Morgan fingerprint density at radius 1 is 1.02 bits per heavy atom. The highest BCUT2D eigenvalue weighted by molar-refractivity contribution is 5.75. The number of aromatic nitrogens is 4. The number of carbonyl (C=O) groups excluding carboxylic acids is 2. The highest BCUT2D eigenvalue weighted by Crippen LogP contribution is 2.57. The van der Waals surface area contributed by atoms with Crippen molar-refractivity contribution in [3.63, 3.8) is 0 Å². The molecule has 6 aliphatic rings. The predicted octanol–water partition coefficient (Wildman–Crippen LogP) is 3.90. The summed E-state index contributed by atoms with van der Waals surface area (Å²) in [6.45, 7) is 9.66. The Kier molecular flexibility index (Phi) is 6.52. The molecule has 0 unspecified atom stereocenters. The smallest absolute Gasteiger partial charge is 0.219 e. The zero-order valence-corrected chi connectivity index (χ0v) is 27.1. The summed E-state index contributed by atoms with van der Waals surface area (Å²) in [5.74, 6) is 2.79. The van der Waals surface area contributed by atoms with Crippen molar-refractivity contribution >= 4 is 29.5 Å². The van der Waals surface area contributed by atoms with E-state index in [1.807, 2.05) is 23.1 Å². The van der Waals surface area contributed by atoms with Crippen molar-refractivity contribution in [3.05, 3.63) is 58.4 Å². The van der Waals surface area contributed by atoms with Crippen LogP contribution in [0.15, 0.2) is 30.3 Å². The third-order valence-electron chi connectivity index (χ3n) is 12.0. The standard InChI is InChI=1S/C36H41N9O2/c1-24(47)42-10-8-32-30(18-42)34(44-9-2-3-27-11-25(16-37)4-6-31(27)44)40-45(32)29-14-36(15-29)20-41(21-36)17-26-12-35(13-26)22-43(23-35)33-7-5-28(19-46)38-39-33/h4-7,11,19,26,29H,2-3,8-10,12-15,17-18,20-23H2,1H3. The van der Waals surface area contributed by atoms with Gasteiger partial charge in [0.15, 0.2) is 17.9 Å². The molecule has 4 fully saturated rings. The number of benzene rings is 1. The van der Waals surface area contributed by atoms with Crippen LogP contribution >= 0.6 is 0 Å². The molecule has 0 radical (unpaired) electrons. The molecule has 1 aromatic carbocycles.